The van der Waals surface area contributed by atoms with E-state index < -0.39 is 0 Å². The Hall–Kier alpha value is -4.17. The number of fused-ring (bicyclic) bond motifs is 1. The molecular formula is C27H24N4O3S. The number of nitrogens with one attached hydrogen (secondary N) is 1. The number of methoxy groups -OCH3 is 2. The number of amides is 1. The number of nitrogens with zero attached hydrogens (tertiary/aromatic N) is 3. The molecule has 1 amide bonds. The van der Waals surface area contributed by atoms with Gasteiger partial charge in [0.1, 0.15) is 5.82 Å². The Morgan fingerprint density at radius 3 is 2.63 bits per heavy atom. The molecule has 2 aromatic heterocycles. The summed E-state index contributed by atoms with van der Waals surface area (Å²) in [6.45, 7) is 1.89. The van der Waals surface area contributed by atoms with E-state index in [2.05, 4.69) is 10.4 Å². The van der Waals surface area contributed by atoms with E-state index in [1.165, 1.54) is 11.3 Å². The van der Waals surface area contributed by atoms with E-state index in [0.29, 0.717) is 22.4 Å². The Labute approximate surface area is 207 Å². The zero-order chi connectivity index (χ0) is 24.4. The van der Waals surface area contributed by atoms with Crippen molar-refractivity contribution >= 4 is 33.8 Å². The predicted octanol–water partition coefficient (Wildman–Crippen LogP) is 5.66. The van der Waals surface area contributed by atoms with E-state index >= 15 is 0 Å². The number of anilines is 1. The van der Waals surface area contributed by atoms with Crippen LogP contribution in [0.5, 0.6) is 11.5 Å². The Balaban J connectivity index is 1.39. The van der Waals surface area contributed by atoms with Crippen LogP contribution in [0.3, 0.4) is 0 Å². The lowest BCUT2D eigenvalue weighted by Crippen LogP contribution is -2.17. The van der Waals surface area contributed by atoms with Crippen molar-refractivity contribution in [1.82, 2.24) is 14.8 Å². The molecule has 7 nitrogen and oxygen atoms in total. The van der Waals surface area contributed by atoms with Crippen LogP contribution in [0, 0.1) is 6.92 Å². The van der Waals surface area contributed by atoms with Crippen LogP contribution in [0.25, 0.3) is 27.2 Å². The number of hydrogen-bond donors (Lipinski definition) is 1. The summed E-state index contributed by atoms with van der Waals surface area (Å²) >= 11 is 1.45. The van der Waals surface area contributed by atoms with Crippen LogP contribution >= 0.6 is 11.3 Å². The van der Waals surface area contributed by atoms with E-state index in [4.69, 9.17) is 14.5 Å². The highest BCUT2D eigenvalue weighted by atomic mass is 32.1. The molecule has 2 heterocycles. The zero-order valence-corrected chi connectivity index (χ0v) is 20.4. The Kier molecular flexibility index (Phi) is 6.20. The molecule has 0 aliphatic rings. The minimum Gasteiger partial charge on any atom is -0.493 e. The third-order valence-electron chi connectivity index (χ3n) is 5.68. The van der Waals surface area contributed by atoms with Crippen LogP contribution in [0.1, 0.15) is 11.3 Å². The van der Waals surface area contributed by atoms with Crippen LogP contribution in [0.2, 0.25) is 0 Å². The summed E-state index contributed by atoms with van der Waals surface area (Å²) in [6, 6.07) is 21.6. The SMILES string of the molecule is COc1ccc(-c2csc(-n3nc(C)cc3NC(=O)Cc3cccc4ccccc34)n2)cc1OC. The van der Waals surface area contributed by atoms with E-state index in [1.807, 2.05) is 79.0 Å². The molecule has 0 spiro atoms. The highest BCUT2D eigenvalue weighted by molar-refractivity contribution is 7.12. The van der Waals surface area contributed by atoms with Crippen molar-refractivity contribution < 1.29 is 14.3 Å². The van der Waals surface area contributed by atoms with E-state index in [0.717, 1.165) is 33.3 Å². The van der Waals surface area contributed by atoms with E-state index in [1.54, 1.807) is 18.9 Å². The fraction of sp³-hybridized carbons (Fsp3) is 0.148. The largest absolute Gasteiger partial charge is 0.493 e. The molecule has 5 rings (SSSR count). The Morgan fingerprint density at radius 2 is 1.80 bits per heavy atom. The van der Waals surface area contributed by atoms with Crippen molar-refractivity contribution in [2.75, 3.05) is 19.5 Å². The molecule has 5 aromatic rings. The fourth-order valence-electron chi connectivity index (χ4n) is 4.03. The van der Waals surface area contributed by atoms with Gasteiger partial charge < -0.3 is 14.8 Å². The first-order valence-electron chi connectivity index (χ1n) is 11.1. The highest BCUT2D eigenvalue weighted by Gasteiger charge is 2.16. The summed E-state index contributed by atoms with van der Waals surface area (Å²) < 4.78 is 12.4. The number of hydrogen-bond acceptors (Lipinski definition) is 6. The average molecular weight is 485 g/mol. The van der Waals surface area contributed by atoms with E-state index in [-0.39, 0.29) is 12.3 Å². The van der Waals surface area contributed by atoms with Crippen LogP contribution in [-0.4, -0.2) is 34.9 Å². The Morgan fingerprint density at radius 1 is 1.00 bits per heavy atom. The molecule has 8 heteroatoms. The Bertz CT molecular complexity index is 1520. The number of aromatic nitrogens is 3. The predicted molar refractivity (Wildman–Crippen MR) is 139 cm³/mol. The number of thiazole rings is 1. The normalized spacial score (nSPS) is 10.9. The molecule has 0 saturated heterocycles. The number of carbonyl (C=O) groups is 1. The maximum absolute atomic E-state index is 13.0. The van der Waals surface area contributed by atoms with Gasteiger partial charge in [-0.2, -0.15) is 9.78 Å². The van der Waals surface area contributed by atoms with Gasteiger partial charge in [0.15, 0.2) is 11.5 Å². The average Bonchev–Trinajstić information content (AvgIpc) is 3.50. The molecule has 1 N–H and O–H groups in total. The van der Waals surface area contributed by atoms with Crippen molar-refractivity contribution in [3.05, 3.63) is 83.4 Å². The quantitative estimate of drug-likeness (QED) is 0.323. The fourth-order valence-corrected chi connectivity index (χ4v) is 4.83. The maximum atomic E-state index is 13.0. The molecule has 176 valence electrons. The molecule has 0 bridgehead atoms. The van der Waals surface area contributed by atoms with Crippen LogP contribution in [-0.2, 0) is 11.2 Å². The van der Waals surface area contributed by atoms with Gasteiger partial charge >= 0.3 is 0 Å². The van der Waals surface area contributed by atoms with Gasteiger partial charge in [-0.1, -0.05) is 42.5 Å². The number of ether oxygens (including phenoxy) is 2. The topological polar surface area (TPSA) is 78.3 Å². The van der Waals surface area contributed by atoms with Gasteiger partial charge in [0, 0.05) is 17.0 Å². The number of aryl methyl sites for hydroxylation is 1. The molecule has 0 atom stereocenters. The minimum atomic E-state index is -0.112. The van der Waals surface area contributed by atoms with Crippen molar-refractivity contribution in [3.63, 3.8) is 0 Å². The first-order chi connectivity index (χ1) is 17.1. The molecule has 0 aliphatic carbocycles. The molecule has 35 heavy (non-hydrogen) atoms. The number of carbonyl (C=O) groups excluding carboxylic acids is 1. The number of benzene rings is 3. The van der Waals surface area contributed by atoms with Crippen molar-refractivity contribution in [2.45, 2.75) is 13.3 Å². The summed E-state index contributed by atoms with van der Waals surface area (Å²) in [7, 11) is 3.21. The maximum Gasteiger partial charge on any atom is 0.229 e. The summed E-state index contributed by atoms with van der Waals surface area (Å²) in [5.74, 6) is 1.77. The summed E-state index contributed by atoms with van der Waals surface area (Å²) in [6.07, 6.45) is 0.264. The van der Waals surface area contributed by atoms with Crippen molar-refractivity contribution in [3.8, 4) is 27.9 Å². The molecule has 0 unspecified atom stereocenters. The van der Waals surface area contributed by atoms with Gasteiger partial charge in [-0.05, 0) is 41.5 Å². The summed E-state index contributed by atoms with van der Waals surface area (Å²) in [5, 5.41) is 12.4. The first kappa shape index (κ1) is 22.6. The third kappa shape index (κ3) is 4.61. The molecule has 3 aromatic carbocycles. The lowest BCUT2D eigenvalue weighted by atomic mass is 10.0. The van der Waals surface area contributed by atoms with Gasteiger partial charge in [0.25, 0.3) is 0 Å². The second kappa shape index (κ2) is 9.60. The molecule has 0 aliphatic heterocycles. The lowest BCUT2D eigenvalue weighted by Gasteiger charge is -2.09. The summed E-state index contributed by atoms with van der Waals surface area (Å²) in [4.78, 5) is 17.7. The van der Waals surface area contributed by atoms with Crippen LogP contribution in [0.4, 0.5) is 5.82 Å². The van der Waals surface area contributed by atoms with Crippen LogP contribution < -0.4 is 14.8 Å². The lowest BCUT2D eigenvalue weighted by molar-refractivity contribution is -0.115. The van der Waals surface area contributed by atoms with Gasteiger partial charge in [0.2, 0.25) is 11.0 Å². The van der Waals surface area contributed by atoms with Gasteiger partial charge in [0.05, 0.1) is 32.0 Å². The third-order valence-corrected chi connectivity index (χ3v) is 6.50. The van der Waals surface area contributed by atoms with E-state index in [9.17, 15) is 4.79 Å². The standard InChI is InChI=1S/C27H24N4O3S/c1-17-13-25(29-26(32)15-19-9-6-8-18-7-4-5-10-21(18)19)31(30-17)27-28-22(16-35-27)20-11-12-23(33-2)24(14-20)34-3/h4-14,16H,15H2,1-3H3,(H,29,32). The smallest absolute Gasteiger partial charge is 0.229 e. The van der Waals surface area contributed by atoms with Crippen molar-refractivity contribution in [2.24, 2.45) is 0 Å². The molecule has 0 fully saturated rings. The second-order valence-corrected chi connectivity index (χ2v) is 8.87. The molecular weight excluding hydrogens is 460 g/mol. The van der Waals surface area contributed by atoms with Gasteiger partial charge in [-0.25, -0.2) is 4.98 Å². The van der Waals surface area contributed by atoms with Crippen LogP contribution in [0.15, 0.2) is 72.1 Å². The number of rotatable bonds is 7. The molecule has 0 radical (unpaired) electrons. The molecule has 0 saturated carbocycles. The van der Waals surface area contributed by atoms with Gasteiger partial charge in [-0.15, -0.1) is 11.3 Å². The highest BCUT2D eigenvalue weighted by Crippen LogP contribution is 2.33. The van der Waals surface area contributed by atoms with Gasteiger partial charge in [-0.3, -0.25) is 4.79 Å². The second-order valence-electron chi connectivity index (χ2n) is 8.03. The first-order valence-corrected chi connectivity index (χ1v) is 11.9. The van der Waals surface area contributed by atoms with Crippen molar-refractivity contribution in [1.29, 1.82) is 0 Å². The minimum absolute atomic E-state index is 0.112. The monoisotopic (exact) mass is 484 g/mol. The summed E-state index contributed by atoms with van der Waals surface area (Å²) in [5.41, 5.74) is 3.45. The zero-order valence-electron chi connectivity index (χ0n) is 19.6.